The summed E-state index contributed by atoms with van der Waals surface area (Å²) in [4.78, 5) is 12.1. The first-order chi connectivity index (χ1) is 11.6. The maximum Gasteiger partial charge on any atom is 0.320 e. The van der Waals surface area contributed by atoms with Crippen molar-refractivity contribution in [1.82, 2.24) is 15.1 Å². The van der Waals surface area contributed by atoms with E-state index in [1.807, 2.05) is 48.0 Å². The van der Waals surface area contributed by atoms with Gasteiger partial charge in [-0.05, 0) is 40.9 Å². The maximum atomic E-state index is 12.1. The molecule has 24 heavy (non-hydrogen) atoms. The molecule has 2 heterocycles. The second kappa shape index (κ2) is 7.29. The minimum Gasteiger partial charge on any atom is -0.387 e. The normalized spacial score (nSPS) is 11.9. The minimum absolute atomic E-state index is 0.140. The largest absolute Gasteiger partial charge is 0.387 e. The van der Waals surface area contributed by atoms with Gasteiger partial charge in [0.2, 0.25) is 0 Å². The predicted octanol–water partition coefficient (Wildman–Crippen LogP) is 3.10. The summed E-state index contributed by atoms with van der Waals surface area (Å²) in [5.74, 6) is 0.562. The summed E-state index contributed by atoms with van der Waals surface area (Å²) in [5, 5.41) is 23.4. The average molecular weight is 342 g/mol. The molecular formula is C17H18N4O2S. The smallest absolute Gasteiger partial charge is 0.320 e. The van der Waals surface area contributed by atoms with E-state index in [9.17, 15) is 9.90 Å². The Morgan fingerprint density at radius 3 is 2.92 bits per heavy atom. The molecule has 3 rings (SSSR count). The lowest BCUT2D eigenvalue weighted by Crippen LogP contribution is -2.33. The van der Waals surface area contributed by atoms with Crippen molar-refractivity contribution in [2.45, 2.75) is 13.0 Å². The van der Waals surface area contributed by atoms with E-state index in [4.69, 9.17) is 0 Å². The monoisotopic (exact) mass is 342 g/mol. The number of aryl methyl sites for hydroxylation is 1. The number of urea groups is 1. The van der Waals surface area contributed by atoms with Gasteiger partial charge in [-0.25, -0.2) is 9.48 Å². The van der Waals surface area contributed by atoms with Crippen molar-refractivity contribution >= 4 is 23.2 Å². The first-order valence-electron chi connectivity index (χ1n) is 7.50. The summed E-state index contributed by atoms with van der Waals surface area (Å²) in [6, 6.07) is 11.0. The van der Waals surface area contributed by atoms with Crippen molar-refractivity contribution in [2.75, 3.05) is 11.9 Å². The minimum atomic E-state index is -0.719. The highest BCUT2D eigenvalue weighted by Crippen LogP contribution is 2.18. The summed E-state index contributed by atoms with van der Waals surface area (Å²) >= 11 is 1.51. The van der Waals surface area contributed by atoms with Crippen molar-refractivity contribution in [3.63, 3.8) is 0 Å². The Labute approximate surface area is 143 Å². The third kappa shape index (κ3) is 3.64. The number of anilines is 1. The second-order valence-electron chi connectivity index (χ2n) is 5.32. The molecule has 1 aromatic carbocycles. The molecule has 6 nitrogen and oxygen atoms in total. The van der Waals surface area contributed by atoms with E-state index in [0.29, 0.717) is 5.82 Å². The molecule has 0 saturated carbocycles. The van der Waals surface area contributed by atoms with Gasteiger partial charge >= 0.3 is 6.03 Å². The van der Waals surface area contributed by atoms with Crippen LogP contribution >= 0.6 is 11.3 Å². The van der Waals surface area contributed by atoms with E-state index in [-0.39, 0.29) is 12.6 Å². The van der Waals surface area contributed by atoms with Gasteiger partial charge in [0.15, 0.2) is 0 Å². The van der Waals surface area contributed by atoms with Gasteiger partial charge in [-0.2, -0.15) is 16.4 Å². The van der Waals surface area contributed by atoms with Crippen LogP contribution in [0.15, 0.2) is 53.4 Å². The number of nitrogens with zero attached hydrogens (tertiary/aromatic N) is 2. The number of para-hydroxylation sites is 1. The van der Waals surface area contributed by atoms with Gasteiger partial charge in [0.25, 0.3) is 0 Å². The number of aliphatic hydroxyl groups excluding tert-OH is 1. The molecule has 0 aliphatic heterocycles. The Morgan fingerprint density at radius 2 is 2.17 bits per heavy atom. The molecule has 0 saturated heterocycles. The number of nitrogens with one attached hydrogen (secondary N) is 2. The average Bonchev–Trinajstić information content (AvgIpc) is 3.25. The van der Waals surface area contributed by atoms with E-state index in [1.165, 1.54) is 11.3 Å². The van der Waals surface area contributed by atoms with Crippen LogP contribution in [0.5, 0.6) is 0 Å². The highest BCUT2D eigenvalue weighted by Gasteiger charge is 2.12. The lowest BCUT2D eigenvalue weighted by Gasteiger charge is -2.13. The van der Waals surface area contributed by atoms with E-state index in [2.05, 4.69) is 15.7 Å². The van der Waals surface area contributed by atoms with Gasteiger partial charge in [0.1, 0.15) is 5.82 Å². The Kier molecular flexibility index (Phi) is 4.93. The van der Waals surface area contributed by atoms with Crippen LogP contribution in [0.1, 0.15) is 17.2 Å². The molecule has 0 bridgehead atoms. The van der Waals surface area contributed by atoms with Crippen LogP contribution in [0.3, 0.4) is 0 Å². The number of benzene rings is 1. The van der Waals surface area contributed by atoms with E-state index in [1.54, 1.807) is 16.9 Å². The van der Waals surface area contributed by atoms with E-state index >= 15 is 0 Å². The number of hydrogen-bond acceptors (Lipinski definition) is 4. The molecule has 2 aromatic heterocycles. The summed E-state index contributed by atoms with van der Waals surface area (Å²) in [5.41, 5.74) is 2.75. The molecule has 0 fully saturated rings. The quantitative estimate of drug-likeness (QED) is 0.666. The van der Waals surface area contributed by atoms with Crippen LogP contribution in [0.2, 0.25) is 0 Å². The number of carbonyl (C=O) groups excluding carboxylic acids is 1. The second-order valence-corrected chi connectivity index (χ2v) is 6.10. The van der Waals surface area contributed by atoms with Crippen LogP contribution in [-0.4, -0.2) is 27.5 Å². The lowest BCUT2D eigenvalue weighted by molar-refractivity contribution is 0.175. The maximum absolute atomic E-state index is 12.1. The first kappa shape index (κ1) is 16.2. The van der Waals surface area contributed by atoms with Crippen LogP contribution in [0.4, 0.5) is 10.6 Å². The fourth-order valence-electron chi connectivity index (χ4n) is 2.32. The molecular weight excluding hydrogens is 324 g/mol. The molecule has 1 atom stereocenters. The molecule has 3 N–H and O–H groups in total. The Morgan fingerprint density at radius 1 is 1.33 bits per heavy atom. The van der Waals surface area contributed by atoms with Crippen LogP contribution < -0.4 is 10.6 Å². The summed E-state index contributed by atoms with van der Waals surface area (Å²) in [7, 11) is 0. The highest BCUT2D eigenvalue weighted by molar-refractivity contribution is 7.07. The molecule has 0 spiro atoms. The van der Waals surface area contributed by atoms with E-state index < -0.39 is 6.10 Å². The summed E-state index contributed by atoms with van der Waals surface area (Å²) in [6.45, 7) is 2.12. The molecule has 0 aliphatic rings. The van der Waals surface area contributed by atoms with Gasteiger partial charge < -0.3 is 10.4 Å². The molecule has 0 radical (unpaired) electrons. The molecule has 0 aliphatic carbocycles. The zero-order valence-electron chi connectivity index (χ0n) is 13.1. The van der Waals surface area contributed by atoms with Crippen LogP contribution in [0.25, 0.3) is 5.69 Å². The number of aliphatic hydroxyl groups is 1. The SMILES string of the molecule is Cc1ccccc1-n1nccc1NC(=O)NCC(O)c1ccsc1. The molecule has 7 heteroatoms. The van der Waals surface area contributed by atoms with Crippen molar-refractivity contribution in [3.8, 4) is 5.69 Å². The standard InChI is InChI=1S/C17H18N4O2S/c1-12-4-2-3-5-14(12)21-16(6-8-19-21)20-17(23)18-10-15(22)13-7-9-24-11-13/h2-9,11,15,22H,10H2,1H3,(H2,18,20,23). The Hall–Kier alpha value is -2.64. The molecule has 124 valence electrons. The summed E-state index contributed by atoms with van der Waals surface area (Å²) in [6.07, 6.45) is 0.908. The van der Waals surface area contributed by atoms with Gasteiger partial charge in [-0.3, -0.25) is 5.32 Å². The molecule has 1 unspecified atom stereocenters. The lowest BCUT2D eigenvalue weighted by atomic mass is 10.2. The third-order valence-corrected chi connectivity index (χ3v) is 4.31. The number of rotatable bonds is 5. The van der Waals surface area contributed by atoms with Crippen LogP contribution in [-0.2, 0) is 0 Å². The van der Waals surface area contributed by atoms with Crippen molar-refractivity contribution in [3.05, 3.63) is 64.5 Å². The molecule has 2 amide bonds. The predicted molar refractivity (Wildman–Crippen MR) is 94.6 cm³/mol. The zero-order chi connectivity index (χ0) is 16.9. The van der Waals surface area contributed by atoms with Crippen molar-refractivity contribution in [2.24, 2.45) is 0 Å². The zero-order valence-corrected chi connectivity index (χ0v) is 14.0. The topological polar surface area (TPSA) is 79.2 Å². The highest BCUT2D eigenvalue weighted by atomic mass is 32.1. The first-order valence-corrected chi connectivity index (χ1v) is 8.44. The Bertz CT molecular complexity index is 814. The number of aromatic nitrogens is 2. The summed E-state index contributed by atoms with van der Waals surface area (Å²) < 4.78 is 1.67. The number of carbonyl (C=O) groups is 1. The van der Waals surface area contributed by atoms with Crippen molar-refractivity contribution < 1.29 is 9.90 Å². The number of thiophene rings is 1. The van der Waals surface area contributed by atoms with E-state index in [0.717, 1.165) is 16.8 Å². The van der Waals surface area contributed by atoms with Gasteiger partial charge in [0.05, 0.1) is 18.0 Å². The van der Waals surface area contributed by atoms with Gasteiger partial charge in [-0.15, -0.1) is 0 Å². The number of hydrogen-bond donors (Lipinski definition) is 3. The third-order valence-electron chi connectivity index (χ3n) is 3.61. The van der Waals surface area contributed by atoms with Gasteiger partial charge in [0, 0.05) is 12.6 Å². The number of amides is 2. The van der Waals surface area contributed by atoms with Gasteiger partial charge in [-0.1, -0.05) is 18.2 Å². The fraction of sp³-hybridized carbons (Fsp3) is 0.176. The molecule has 3 aromatic rings. The Balaban J connectivity index is 1.64. The van der Waals surface area contributed by atoms with Crippen molar-refractivity contribution in [1.29, 1.82) is 0 Å². The van der Waals surface area contributed by atoms with Crippen LogP contribution in [0, 0.1) is 6.92 Å². The fourth-order valence-corrected chi connectivity index (χ4v) is 3.03.